The Hall–Kier alpha value is -0.710. The fourth-order valence-electron chi connectivity index (χ4n) is 0.953. The van der Waals surface area contributed by atoms with E-state index >= 15 is 0 Å². The lowest BCUT2D eigenvalue weighted by Gasteiger charge is -2.33. The Labute approximate surface area is 114 Å². The molecule has 0 amide bonds. The topological polar surface area (TPSA) is 18.5 Å². The minimum atomic E-state index is -6.88. The molecule has 0 fully saturated rings. The molecule has 0 rings (SSSR count). The summed E-state index contributed by atoms with van der Waals surface area (Å²) in [5.74, 6) is -19.1. The highest BCUT2D eigenvalue weighted by Gasteiger charge is 2.81. The maximum Gasteiger partial charge on any atom is 0.460 e. The van der Waals surface area contributed by atoms with Crippen LogP contribution in [0.3, 0.4) is 0 Å². The Morgan fingerprint density at radius 2 is 1.14 bits per heavy atom. The zero-order valence-corrected chi connectivity index (χ0v) is 11.1. The molecular weight excluding hydrogens is 323 g/mol. The first-order valence-corrected chi connectivity index (χ1v) is 5.46. The first kappa shape index (κ1) is 20.3. The normalized spacial score (nSPS) is 15.4. The standard InChI is InChI=1S/C10H13F9O2/c1-6(2,3)21-20-5-4-7(11,12)8(13,14)9(15,16)10(17,18)19/h4-5H2,1-3H3. The SMILES string of the molecule is CC(C)(C)OOCCC(F)(F)C(F)(F)C(F)(F)C(F)(F)F. The van der Waals surface area contributed by atoms with Crippen molar-refractivity contribution in [1.29, 1.82) is 0 Å². The van der Waals surface area contributed by atoms with E-state index < -0.39 is 42.6 Å². The van der Waals surface area contributed by atoms with Crippen LogP contribution < -0.4 is 0 Å². The fraction of sp³-hybridized carbons (Fsp3) is 1.00. The Bertz CT molecular complexity index is 343. The summed E-state index contributed by atoms with van der Waals surface area (Å²) < 4.78 is 112. The predicted octanol–water partition coefficient (Wildman–Crippen LogP) is 4.59. The summed E-state index contributed by atoms with van der Waals surface area (Å²) in [5, 5.41) is 0. The molecule has 0 N–H and O–H groups in total. The first-order chi connectivity index (χ1) is 8.96. The molecule has 0 heterocycles. The lowest BCUT2D eigenvalue weighted by molar-refractivity contribution is -0.403. The highest BCUT2D eigenvalue weighted by molar-refractivity contribution is 5.00. The third-order valence-electron chi connectivity index (χ3n) is 2.02. The molecule has 11 heteroatoms. The fourth-order valence-corrected chi connectivity index (χ4v) is 0.953. The summed E-state index contributed by atoms with van der Waals surface area (Å²) >= 11 is 0. The highest BCUT2D eigenvalue weighted by atomic mass is 19.4. The van der Waals surface area contributed by atoms with Crippen molar-refractivity contribution in [1.82, 2.24) is 0 Å². The first-order valence-electron chi connectivity index (χ1n) is 5.46. The van der Waals surface area contributed by atoms with Gasteiger partial charge in [-0.15, -0.1) is 0 Å². The van der Waals surface area contributed by atoms with Gasteiger partial charge in [0.25, 0.3) is 0 Å². The number of halogens is 9. The quantitative estimate of drug-likeness (QED) is 0.306. The monoisotopic (exact) mass is 336 g/mol. The number of hydrogen-bond donors (Lipinski definition) is 0. The van der Waals surface area contributed by atoms with Crippen LogP contribution in [0.4, 0.5) is 39.5 Å². The van der Waals surface area contributed by atoms with E-state index in [4.69, 9.17) is 0 Å². The van der Waals surface area contributed by atoms with Crippen molar-refractivity contribution in [2.45, 2.75) is 56.7 Å². The van der Waals surface area contributed by atoms with Crippen LogP contribution in [0.25, 0.3) is 0 Å². The molecule has 128 valence electrons. The van der Waals surface area contributed by atoms with Crippen LogP contribution in [0, 0.1) is 0 Å². The van der Waals surface area contributed by atoms with Crippen molar-refractivity contribution in [3.63, 3.8) is 0 Å². The van der Waals surface area contributed by atoms with Gasteiger partial charge in [0.05, 0.1) is 12.2 Å². The maximum atomic E-state index is 13.0. The van der Waals surface area contributed by atoms with Crippen molar-refractivity contribution >= 4 is 0 Å². The van der Waals surface area contributed by atoms with Crippen molar-refractivity contribution < 1.29 is 49.3 Å². The van der Waals surface area contributed by atoms with Gasteiger partial charge >= 0.3 is 23.9 Å². The van der Waals surface area contributed by atoms with Gasteiger partial charge in [-0.05, 0) is 20.8 Å². The van der Waals surface area contributed by atoms with Crippen LogP contribution in [0.1, 0.15) is 27.2 Å². The van der Waals surface area contributed by atoms with Crippen molar-refractivity contribution in [2.75, 3.05) is 6.61 Å². The number of rotatable bonds is 6. The largest absolute Gasteiger partial charge is 0.460 e. The Balaban J connectivity index is 4.89. The molecule has 0 aliphatic heterocycles. The van der Waals surface area contributed by atoms with Gasteiger partial charge < -0.3 is 0 Å². The van der Waals surface area contributed by atoms with E-state index in [-0.39, 0.29) is 0 Å². The van der Waals surface area contributed by atoms with Crippen molar-refractivity contribution in [3.8, 4) is 0 Å². The third-order valence-corrected chi connectivity index (χ3v) is 2.02. The van der Waals surface area contributed by atoms with Crippen LogP contribution in [0.15, 0.2) is 0 Å². The minimum absolute atomic E-state index is 1.01. The van der Waals surface area contributed by atoms with E-state index in [9.17, 15) is 39.5 Å². The summed E-state index contributed by atoms with van der Waals surface area (Å²) in [6, 6.07) is 0. The van der Waals surface area contributed by atoms with Gasteiger partial charge in [-0.1, -0.05) is 0 Å². The molecule has 0 aromatic carbocycles. The molecular formula is C10H13F9O2. The van der Waals surface area contributed by atoms with Crippen LogP contribution in [-0.4, -0.2) is 36.2 Å². The molecule has 0 atom stereocenters. The average molecular weight is 336 g/mol. The molecule has 0 radical (unpaired) electrons. The second kappa shape index (κ2) is 5.82. The van der Waals surface area contributed by atoms with E-state index in [2.05, 4.69) is 9.78 Å². The van der Waals surface area contributed by atoms with E-state index in [1.54, 1.807) is 0 Å². The Kier molecular flexibility index (Phi) is 5.63. The number of alkyl halides is 9. The molecule has 0 aliphatic rings. The molecule has 0 unspecified atom stereocenters. The van der Waals surface area contributed by atoms with E-state index in [0.717, 1.165) is 0 Å². The van der Waals surface area contributed by atoms with Crippen molar-refractivity contribution in [3.05, 3.63) is 0 Å². The molecule has 0 bridgehead atoms. The molecule has 0 spiro atoms. The van der Waals surface area contributed by atoms with Gasteiger partial charge in [-0.2, -0.15) is 39.5 Å². The van der Waals surface area contributed by atoms with E-state index in [0.29, 0.717) is 0 Å². The van der Waals surface area contributed by atoms with Crippen LogP contribution >= 0.6 is 0 Å². The zero-order chi connectivity index (χ0) is 17.3. The van der Waals surface area contributed by atoms with E-state index in [1.165, 1.54) is 20.8 Å². The molecule has 2 nitrogen and oxygen atoms in total. The maximum absolute atomic E-state index is 13.0. The predicted molar refractivity (Wildman–Crippen MR) is 52.3 cm³/mol. The molecule has 0 saturated carbocycles. The minimum Gasteiger partial charge on any atom is -0.236 e. The second-order valence-corrected chi connectivity index (χ2v) is 5.12. The van der Waals surface area contributed by atoms with Crippen LogP contribution in [0.5, 0.6) is 0 Å². The summed E-state index contributed by atoms with van der Waals surface area (Å²) in [7, 11) is 0. The van der Waals surface area contributed by atoms with Crippen LogP contribution in [0.2, 0.25) is 0 Å². The molecule has 21 heavy (non-hydrogen) atoms. The van der Waals surface area contributed by atoms with Gasteiger partial charge in [0.2, 0.25) is 0 Å². The van der Waals surface area contributed by atoms with Gasteiger partial charge in [0.15, 0.2) is 0 Å². The van der Waals surface area contributed by atoms with Gasteiger partial charge in [0, 0.05) is 6.42 Å². The third kappa shape index (κ3) is 4.63. The lowest BCUT2D eigenvalue weighted by atomic mass is 10.0. The lowest BCUT2D eigenvalue weighted by Crippen LogP contribution is -2.61. The summed E-state index contributed by atoms with van der Waals surface area (Å²) in [6.45, 7) is 2.90. The molecule has 0 aromatic rings. The second-order valence-electron chi connectivity index (χ2n) is 5.12. The van der Waals surface area contributed by atoms with Gasteiger partial charge in [-0.3, -0.25) is 0 Å². The van der Waals surface area contributed by atoms with Gasteiger partial charge in [-0.25, -0.2) is 9.78 Å². The Morgan fingerprint density at radius 3 is 1.48 bits per heavy atom. The highest BCUT2D eigenvalue weighted by Crippen LogP contribution is 2.53. The van der Waals surface area contributed by atoms with Gasteiger partial charge in [0.1, 0.15) is 0 Å². The smallest absolute Gasteiger partial charge is 0.236 e. The van der Waals surface area contributed by atoms with E-state index in [1.807, 2.05) is 0 Å². The average Bonchev–Trinajstić information content (AvgIpc) is 2.21. The summed E-state index contributed by atoms with van der Waals surface area (Å²) in [4.78, 5) is 8.49. The molecule has 0 aromatic heterocycles. The number of hydrogen-bond acceptors (Lipinski definition) is 2. The Morgan fingerprint density at radius 1 is 0.714 bits per heavy atom. The van der Waals surface area contributed by atoms with Crippen LogP contribution in [-0.2, 0) is 9.78 Å². The molecule has 0 aliphatic carbocycles. The molecule has 0 saturated heterocycles. The zero-order valence-electron chi connectivity index (χ0n) is 11.1. The summed E-state index contributed by atoms with van der Waals surface area (Å²) in [5.41, 5.74) is -1.01. The van der Waals surface area contributed by atoms with Crippen molar-refractivity contribution in [2.24, 2.45) is 0 Å². The summed E-state index contributed by atoms with van der Waals surface area (Å²) in [6.07, 6.45) is -8.90.